The molecule has 13 rings (SSSR count). The number of nitrogens with zero attached hydrogens (tertiary/aromatic N) is 2. The van der Waals surface area contributed by atoms with Crippen LogP contribution in [0.3, 0.4) is 0 Å². The first kappa shape index (κ1) is 29.8. The van der Waals surface area contributed by atoms with Crippen LogP contribution in [0.25, 0.3) is 121 Å². The van der Waals surface area contributed by atoms with Crippen molar-refractivity contribution in [3.05, 3.63) is 182 Å². The molecule has 13 aromatic rings. The fourth-order valence-corrected chi connectivity index (χ4v) is 9.40. The van der Waals surface area contributed by atoms with Gasteiger partial charge in [0, 0.05) is 54.6 Å². The number of aromatic nitrogens is 2. The van der Waals surface area contributed by atoms with Crippen LogP contribution < -0.4 is 0 Å². The summed E-state index contributed by atoms with van der Waals surface area (Å²) in [4.78, 5) is 0. The van der Waals surface area contributed by atoms with Crippen molar-refractivity contribution < 1.29 is 8.83 Å². The molecule has 4 heteroatoms. The number of fused-ring (bicyclic) bond motifs is 14. The summed E-state index contributed by atoms with van der Waals surface area (Å²) in [6.45, 7) is 0. The van der Waals surface area contributed by atoms with Crippen molar-refractivity contribution in [1.29, 1.82) is 0 Å². The molecule has 56 heavy (non-hydrogen) atoms. The third kappa shape index (κ3) is 4.02. The molecule has 0 fully saturated rings. The molecule has 0 aliphatic rings. The maximum absolute atomic E-state index is 6.94. The maximum atomic E-state index is 6.94. The van der Waals surface area contributed by atoms with Gasteiger partial charge in [0.1, 0.15) is 22.3 Å². The average molecular weight is 715 g/mol. The summed E-state index contributed by atoms with van der Waals surface area (Å²) >= 11 is 0. The van der Waals surface area contributed by atoms with E-state index in [0.717, 1.165) is 66.4 Å². The summed E-state index contributed by atoms with van der Waals surface area (Å²) in [6.07, 6.45) is 0. The summed E-state index contributed by atoms with van der Waals surface area (Å²) in [5.41, 5.74) is 12.3. The van der Waals surface area contributed by atoms with Crippen LogP contribution in [0.15, 0.2) is 191 Å². The molecule has 0 aliphatic heterocycles. The van der Waals surface area contributed by atoms with Crippen LogP contribution in [0.2, 0.25) is 0 Å². The van der Waals surface area contributed by atoms with Gasteiger partial charge in [-0.15, -0.1) is 0 Å². The smallest absolute Gasteiger partial charge is 0.147 e. The van der Waals surface area contributed by atoms with Gasteiger partial charge < -0.3 is 18.0 Å². The highest BCUT2D eigenvalue weighted by molar-refractivity contribution is 6.26. The Morgan fingerprint density at radius 2 is 0.804 bits per heavy atom. The number of hydrogen-bond acceptors (Lipinski definition) is 2. The Balaban J connectivity index is 1.13. The first-order valence-electron chi connectivity index (χ1n) is 19.1. The zero-order valence-electron chi connectivity index (χ0n) is 30.0. The van der Waals surface area contributed by atoms with Crippen LogP contribution in [0.4, 0.5) is 0 Å². The lowest BCUT2D eigenvalue weighted by Gasteiger charge is -2.08. The quantitative estimate of drug-likeness (QED) is 0.183. The van der Waals surface area contributed by atoms with E-state index in [1.165, 1.54) is 54.4 Å². The number of para-hydroxylation sites is 4. The predicted molar refractivity (Wildman–Crippen MR) is 233 cm³/mol. The fourth-order valence-electron chi connectivity index (χ4n) is 9.40. The third-order valence-electron chi connectivity index (χ3n) is 11.9. The second-order valence-electron chi connectivity index (χ2n) is 14.9. The van der Waals surface area contributed by atoms with Crippen LogP contribution in [0, 0.1) is 0 Å². The zero-order valence-corrected chi connectivity index (χ0v) is 30.0. The van der Waals surface area contributed by atoms with E-state index in [1.54, 1.807) is 0 Å². The summed E-state index contributed by atoms with van der Waals surface area (Å²) in [5.74, 6) is 0. The molecule has 4 aromatic heterocycles. The van der Waals surface area contributed by atoms with Gasteiger partial charge in [-0.3, -0.25) is 0 Å². The molecule has 0 saturated heterocycles. The Morgan fingerprint density at radius 1 is 0.321 bits per heavy atom. The number of hydrogen-bond donors (Lipinski definition) is 0. The average Bonchev–Trinajstić information content (AvgIpc) is 4.00. The lowest BCUT2D eigenvalue weighted by molar-refractivity contribution is 0.663. The number of rotatable bonds is 3. The molecule has 4 nitrogen and oxygen atoms in total. The standard InChI is InChI=1S/C52H30N2O2/c1-2-12-32-27-33(22-21-31(32)11-1)40-30-42-41-28-34(53-44-17-7-3-13-36(44)37-14-4-8-18-45(37)53)23-25-48(41)55-52(42)50-43-29-35(24-26-49(43)56-51(40)50)54-46-19-9-5-15-38(46)39-16-6-10-20-47(39)54/h1-30H. The topological polar surface area (TPSA) is 36.1 Å². The SMILES string of the molecule is c1ccc2cc(-c3cc4c5cc(-n6c7ccccc7c7ccccc76)ccc5oc4c4c3oc3ccc(-n5c6ccccc6c6ccccc65)cc34)ccc2c1. The second kappa shape index (κ2) is 11.0. The Hall–Kier alpha value is -7.56. The van der Waals surface area contributed by atoms with Crippen LogP contribution in [0.1, 0.15) is 0 Å². The molecule has 0 unspecified atom stereocenters. The van der Waals surface area contributed by atoms with Gasteiger partial charge in [-0.2, -0.15) is 0 Å². The zero-order chi connectivity index (χ0) is 36.5. The van der Waals surface area contributed by atoms with Gasteiger partial charge in [0.15, 0.2) is 0 Å². The molecule has 0 spiro atoms. The molecule has 0 bridgehead atoms. The van der Waals surface area contributed by atoms with Crippen molar-refractivity contribution in [3.8, 4) is 22.5 Å². The van der Waals surface area contributed by atoms with E-state index in [0.29, 0.717) is 0 Å². The van der Waals surface area contributed by atoms with E-state index >= 15 is 0 Å². The van der Waals surface area contributed by atoms with Crippen molar-refractivity contribution in [3.63, 3.8) is 0 Å². The largest absolute Gasteiger partial charge is 0.455 e. The summed E-state index contributed by atoms with van der Waals surface area (Å²) in [6, 6.07) is 65.3. The van der Waals surface area contributed by atoms with E-state index in [9.17, 15) is 0 Å². The minimum atomic E-state index is 0.823. The normalized spacial score (nSPS) is 12.3. The molecule has 9 aromatic carbocycles. The second-order valence-corrected chi connectivity index (χ2v) is 14.9. The summed E-state index contributed by atoms with van der Waals surface area (Å²) < 4.78 is 18.6. The molecular formula is C52H30N2O2. The molecule has 260 valence electrons. The van der Waals surface area contributed by atoms with E-state index in [4.69, 9.17) is 8.83 Å². The molecule has 0 saturated carbocycles. The number of benzene rings is 9. The highest BCUT2D eigenvalue weighted by atomic mass is 16.3. The van der Waals surface area contributed by atoms with Crippen LogP contribution in [-0.4, -0.2) is 9.13 Å². The Labute approximate surface area is 319 Å². The van der Waals surface area contributed by atoms with Crippen molar-refractivity contribution in [2.45, 2.75) is 0 Å². The number of furan rings is 2. The highest BCUT2D eigenvalue weighted by Crippen LogP contribution is 2.46. The maximum Gasteiger partial charge on any atom is 0.147 e. The lowest BCUT2D eigenvalue weighted by Crippen LogP contribution is -1.93. The first-order chi connectivity index (χ1) is 27.8. The Kier molecular flexibility index (Phi) is 5.86. The summed E-state index contributed by atoms with van der Waals surface area (Å²) in [7, 11) is 0. The monoisotopic (exact) mass is 714 g/mol. The van der Waals surface area contributed by atoms with Crippen molar-refractivity contribution in [2.75, 3.05) is 0 Å². The van der Waals surface area contributed by atoms with Gasteiger partial charge in [0.05, 0.1) is 27.5 Å². The van der Waals surface area contributed by atoms with Crippen LogP contribution in [-0.2, 0) is 0 Å². The molecule has 4 heterocycles. The van der Waals surface area contributed by atoms with Gasteiger partial charge in [0.25, 0.3) is 0 Å². The Morgan fingerprint density at radius 3 is 1.39 bits per heavy atom. The van der Waals surface area contributed by atoms with Crippen molar-refractivity contribution >= 4 is 98.3 Å². The fraction of sp³-hybridized carbons (Fsp3) is 0. The van der Waals surface area contributed by atoms with E-state index in [-0.39, 0.29) is 0 Å². The highest BCUT2D eigenvalue weighted by Gasteiger charge is 2.23. The van der Waals surface area contributed by atoms with Gasteiger partial charge in [0.2, 0.25) is 0 Å². The molecule has 0 N–H and O–H groups in total. The predicted octanol–water partition coefficient (Wildman–Crippen LogP) is 14.5. The minimum Gasteiger partial charge on any atom is -0.455 e. The van der Waals surface area contributed by atoms with E-state index in [1.807, 2.05) is 0 Å². The van der Waals surface area contributed by atoms with E-state index < -0.39 is 0 Å². The molecule has 0 amide bonds. The minimum absolute atomic E-state index is 0.823. The van der Waals surface area contributed by atoms with Gasteiger partial charge >= 0.3 is 0 Å². The van der Waals surface area contributed by atoms with Crippen molar-refractivity contribution in [2.24, 2.45) is 0 Å². The third-order valence-corrected chi connectivity index (χ3v) is 11.9. The molecule has 0 atom stereocenters. The van der Waals surface area contributed by atoms with Crippen LogP contribution >= 0.6 is 0 Å². The van der Waals surface area contributed by atoms with Gasteiger partial charge in [-0.05, 0) is 89.1 Å². The summed E-state index contributed by atoms with van der Waals surface area (Å²) in [5, 5.41) is 11.5. The first-order valence-corrected chi connectivity index (χ1v) is 19.1. The molecular weight excluding hydrogens is 685 g/mol. The van der Waals surface area contributed by atoms with Crippen molar-refractivity contribution in [1.82, 2.24) is 9.13 Å². The lowest BCUT2D eigenvalue weighted by atomic mass is 9.96. The molecule has 0 radical (unpaired) electrons. The Bertz CT molecular complexity index is 3670. The molecule has 0 aliphatic carbocycles. The van der Waals surface area contributed by atoms with Crippen LogP contribution in [0.5, 0.6) is 0 Å². The van der Waals surface area contributed by atoms with E-state index in [2.05, 4.69) is 191 Å². The van der Waals surface area contributed by atoms with Gasteiger partial charge in [-0.1, -0.05) is 109 Å². The van der Waals surface area contributed by atoms with Gasteiger partial charge in [-0.25, -0.2) is 0 Å².